The van der Waals surface area contributed by atoms with Crippen molar-refractivity contribution in [3.8, 4) is 0 Å². The topological polar surface area (TPSA) is 60.9 Å². The maximum atomic E-state index is 12.4. The minimum Gasteiger partial charge on any atom is -0.395 e. The van der Waals surface area contributed by atoms with E-state index >= 15 is 0 Å². The molecule has 5 nitrogen and oxygen atoms in total. The van der Waals surface area contributed by atoms with Gasteiger partial charge in [-0.2, -0.15) is 0 Å². The molecule has 1 aliphatic rings. The number of nitrogens with zero attached hydrogens (tertiary/aromatic N) is 2. The van der Waals surface area contributed by atoms with Gasteiger partial charge in [0.2, 0.25) is 5.91 Å². The third kappa shape index (κ3) is 3.95. The number of likely N-dealkylation sites (N-methyl/N-ethyl adjacent to an activating group) is 1. The van der Waals surface area contributed by atoms with Crippen LogP contribution in [0.5, 0.6) is 0 Å². The molecule has 118 valence electrons. The second-order valence-electron chi connectivity index (χ2n) is 4.48. The van der Waals surface area contributed by atoms with Gasteiger partial charge in [0, 0.05) is 18.0 Å². The van der Waals surface area contributed by atoms with Gasteiger partial charge in [0.1, 0.15) is 10.9 Å². The molecule has 0 aromatic carbocycles. The summed E-state index contributed by atoms with van der Waals surface area (Å²) < 4.78 is 0.390. The Balaban J connectivity index is 2.08. The van der Waals surface area contributed by atoms with E-state index in [1.165, 1.54) is 32.9 Å². The Hall–Kier alpha value is -1.22. The molecule has 0 saturated carbocycles. The molecule has 0 spiro atoms. The van der Waals surface area contributed by atoms with Crippen molar-refractivity contribution >= 4 is 57.5 Å². The van der Waals surface area contributed by atoms with E-state index in [2.05, 4.69) is 0 Å². The highest BCUT2D eigenvalue weighted by Crippen LogP contribution is 2.33. The Morgan fingerprint density at radius 1 is 1.55 bits per heavy atom. The van der Waals surface area contributed by atoms with Gasteiger partial charge in [0.05, 0.1) is 11.5 Å². The van der Waals surface area contributed by atoms with Gasteiger partial charge in [-0.15, -0.1) is 11.3 Å². The van der Waals surface area contributed by atoms with Crippen LogP contribution in [0.1, 0.15) is 11.8 Å². The molecule has 1 fully saturated rings. The molecule has 0 unspecified atom stereocenters. The Morgan fingerprint density at radius 2 is 2.32 bits per heavy atom. The highest BCUT2D eigenvalue weighted by atomic mass is 32.2. The van der Waals surface area contributed by atoms with Crippen molar-refractivity contribution in [1.29, 1.82) is 0 Å². The molecule has 0 bridgehead atoms. The quantitative estimate of drug-likeness (QED) is 0.622. The van der Waals surface area contributed by atoms with Crippen LogP contribution in [0.2, 0.25) is 0 Å². The average molecular weight is 356 g/mol. The van der Waals surface area contributed by atoms with E-state index in [1.54, 1.807) is 6.08 Å². The predicted octanol–water partition coefficient (Wildman–Crippen LogP) is 1.79. The summed E-state index contributed by atoms with van der Waals surface area (Å²) in [6, 6.07) is 3.83. The third-order valence-corrected chi connectivity index (χ3v) is 5.28. The van der Waals surface area contributed by atoms with Crippen LogP contribution in [0.25, 0.3) is 6.08 Å². The lowest BCUT2D eigenvalue weighted by atomic mass is 10.3. The maximum absolute atomic E-state index is 12.4. The van der Waals surface area contributed by atoms with E-state index in [9.17, 15) is 9.59 Å². The first-order valence-corrected chi connectivity index (χ1v) is 8.84. The van der Waals surface area contributed by atoms with E-state index < -0.39 is 0 Å². The van der Waals surface area contributed by atoms with Crippen molar-refractivity contribution in [2.45, 2.75) is 6.92 Å². The molecular weight excluding hydrogens is 340 g/mol. The average Bonchev–Trinajstić information content (AvgIpc) is 3.09. The van der Waals surface area contributed by atoms with Crippen molar-refractivity contribution in [3.05, 3.63) is 27.3 Å². The van der Waals surface area contributed by atoms with Crippen LogP contribution in [0.4, 0.5) is 0 Å². The fourth-order valence-corrected chi connectivity index (χ4v) is 3.93. The van der Waals surface area contributed by atoms with Crippen molar-refractivity contribution in [2.75, 3.05) is 26.2 Å². The number of thioether (sulfide) groups is 1. The lowest BCUT2D eigenvalue weighted by Gasteiger charge is -2.22. The molecule has 2 amide bonds. The van der Waals surface area contributed by atoms with Crippen molar-refractivity contribution in [3.63, 3.8) is 0 Å². The molecule has 1 aliphatic heterocycles. The number of rotatable bonds is 6. The van der Waals surface area contributed by atoms with Crippen LogP contribution >= 0.6 is 35.3 Å². The number of thiocarbonyl (C=S) groups is 1. The summed E-state index contributed by atoms with van der Waals surface area (Å²) in [7, 11) is 0. The standard InChI is InChI=1S/C14H16N2O3S3/c1-2-15(5-6-17)12(18)9-16-13(19)11(22-14(16)20)8-10-4-3-7-21-10/h3-4,7-8,17H,2,5-6,9H2,1H3/b11-8+. The van der Waals surface area contributed by atoms with Crippen molar-refractivity contribution in [1.82, 2.24) is 9.80 Å². The van der Waals surface area contributed by atoms with Crippen molar-refractivity contribution in [2.24, 2.45) is 0 Å². The number of thiophene rings is 1. The molecule has 1 N–H and O–H groups in total. The Morgan fingerprint density at radius 3 is 2.91 bits per heavy atom. The monoisotopic (exact) mass is 356 g/mol. The van der Waals surface area contributed by atoms with Gasteiger partial charge in [0.25, 0.3) is 5.91 Å². The van der Waals surface area contributed by atoms with Gasteiger partial charge < -0.3 is 10.0 Å². The summed E-state index contributed by atoms with van der Waals surface area (Å²) in [5, 5.41) is 10.9. The van der Waals surface area contributed by atoms with Gasteiger partial charge in [0.15, 0.2) is 0 Å². The van der Waals surface area contributed by atoms with Gasteiger partial charge in [-0.3, -0.25) is 14.5 Å². The number of hydrogen-bond acceptors (Lipinski definition) is 6. The predicted molar refractivity (Wildman–Crippen MR) is 93.5 cm³/mol. The number of aliphatic hydroxyl groups excluding tert-OH is 1. The molecule has 1 aromatic rings. The van der Waals surface area contributed by atoms with Crippen LogP contribution in [0.15, 0.2) is 22.4 Å². The first kappa shape index (κ1) is 17.1. The summed E-state index contributed by atoms with van der Waals surface area (Å²) in [6.45, 7) is 2.39. The molecule has 1 aromatic heterocycles. The first-order valence-electron chi connectivity index (χ1n) is 6.74. The van der Waals surface area contributed by atoms with Gasteiger partial charge in [-0.1, -0.05) is 30.0 Å². The van der Waals surface area contributed by atoms with Gasteiger partial charge >= 0.3 is 0 Å². The first-order chi connectivity index (χ1) is 10.6. The lowest BCUT2D eigenvalue weighted by molar-refractivity contribution is -0.135. The zero-order valence-corrected chi connectivity index (χ0v) is 14.5. The summed E-state index contributed by atoms with van der Waals surface area (Å²) in [6.07, 6.45) is 1.79. The molecule has 2 rings (SSSR count). The zero-order chi connectivity index (χ0) is 16.1. The van der Waals surface area contributed by atoms with Crippen LogP contribution in [0, 0.1) is 0 Å². The van der Waals surface area contributed by atoms with E-state index in [-0.39, 0.29) is 31.5 Å². The minimum atomic E-state index is -0.239. The number of hydrogen-bond donors (Lipinski definition) is 1. The highest BCUT2D eigenvalue weighted by Gasteiger charge is 2.34. The molecule has 0 atom stereocenters. The summed E-state index contributed by atoms with van der Waals surface area (Å²) >= 11 is 7.95. The maximum Gasteiger partial charge on any atom is 0.266 e. The minimum absolute atomic E-state index is 0.0830. The van der Waals surface area contributed by atoms with Gasteiger partial charge in [-0.05, 0) is 24.4 Å². The molecule has 2 heterocycles. The molecule has 1 saturated heterocycles. The summed E-state index contributed by atoms with van der Waals surface area (Å²) in [4.78, 5) is 28.9. The smallest absolute Gasteiger partial charge is 0.266 e. The normalized spacial score (nSPS) is 16.6. The molecule has 22 heavy (non-hydrogen) atoms. The largest absolute Gasteiger partial charge is 0.395 e. The summed E-state index contributed by atoms with van der Waals surface area (Å²) in [5.41, 5.74) is 0. The SMILES string of the molecule is CCN(CCO)C(=O)CN1C(=O)/C(=C\c2cccs2)SC1=S. The Kier molecular flexibility index (Phi) is 6.13. The van der Waals surface area contributed by atoms with Crippen LogP contribution in [0.3, 0.4) is 0 Å². The molecule has 0 radical (unpaired) electrons. The fraction of sp³-hybridized carbons (Fsp3) is 0.357. The van der Waals surface area contributed by atoms with E-state index in [0.717, 1.165) is 4.88 Å². The number of carbonyl (C=O) groups excluding carboxylic acids is 2. The number of carbonyl (C=O) groups is 2. The van der Waals surface area contributed by atoms with E-state index in [0.29, 0.717) is 15.8 Å². The Labute approximate surface area is 142 Å². The fourth-order valence-electron chi connectivity index (χ4n) is 1.95. The number of amides is 2. The van der Waals surface area contributed by atoms with E-state index in [1.807, 2.05) is 24.4 Å². The third-order valence-electron chi connectivity index (χ3n) is 3.09. The molecule has 0 aliphatic carbocycles. The summed E-state index contributed by atoms with van der Waals surface area (Å²) in [5.74, 6) is -0.456. The van der Waals surface area contributed by atoms with Gasteiger partial charge in [-0.25, -0.2) is 0 Å². The van der Waals surface area contributed by atoms with Crippen LogP contribution < -0.4 is 0 Å². The molecule has 8 heteroatoms. The van der Waals surface area contributed by atoms with E-state index in [4.69, 9.17) is 17.3 Å². The second-order valence-corrected chi connectivity index (χ2v) is 7.14. The lowest BCUT2D eigenvalue weighted by Crippen LogP contribution is -2.43. The zero-order valence-electron chi connectivity index (χ0n) is 12.0. The van der Waals surface area contributed by atoms with Crippen LogP contribution in [-0.2, 0) is 9.59 Å². The van der Waals surface area contributed by atoms with Crippen LogP contribution in [-0.4, -0.2) is 57.3 Å². The second kappa shape index (κ2) is 7.87. The molecular formula is C14H16N2O3S3. The highest BCUT2D eigenvalue weighted by molar-refractivity contribution is 8.26. The van der Waals surface area contributed by atoms with Crippen molar-refractivity contribution < 1.29 is 14.7 Å². The number of aliphatic hydroxyl groups is 1. The Bertz CT molecular complexity index is 598.